The lowest BCUT2D eigenvalue weighted by Gasteiger charge is -2.30. The monoisotopic (exact) mass is 397 g/mol. The van der Waals surface area contributed by atoms with Crippen molar-refractivity contribution < 1.29 is 22.7 Å². The van der Waals surface area contributed by atoms with Crippen LogP contribution in [0.3, 0.4) is 0 Å². The van der Waals surface area contributed by atoms with E-state index >= 15 is 0 Å². The van der Waals surface area contributed by atoms with Gasteiger partial charge < -0.3 is 15.0 Å². The lowest BCUT2D eigenvalue weighted by atomic mass is 10.0. The van der Waals surface area contributed by atoms with E-state index in [4.69, 9.17) is 4.74 Å². The summed E-state index contributed by atoms with van der Waals surface area (Å²) < 4.78 is 31.0. The molecule has 0 saturated carbocycles. The van der Waals surface area contributed by atoms with Crippen molar-refractivity contribution in [3.8, 4) is 5.75 Å². The van der Waals surface area contributed by atoms with E-state index in [1.807, 2.05) is 6.92 Å². The molecule has 0 aliphatic carbocycles. The maximum atomic E-state index is 12.5. The van der Waals surface area contributed by atoms with Crippen molar-refractivity contribution in [2.24, 2.45) is 5.92 Å². The first-order valence-corrected chi connectivity index (χ1v) is 10.5. The third-order valence-electron chi connectivity index (χ3n) is 4.63. The molecule has 1 heterocycles. The van der Waals surface area contributed by atoms with Gasteiger partial charge in [-0.1, -0.05) is 6.92 Å². The molecular weight excluding hydrogens is 370 g/mol. The molecule has 0 fully saturated rings. The SMILES string of the molecule is CC(=O)Nc1ccc2c(c1)CC(=O)N(C)C[C@@H](C)[C@@H](CN(C)S(C)(=O)=O)O2. The van der Waals surface area contributed by atoms with Gasteiger partial charge in [-0.2, -0.15) is 0 Å². The highest BCUT2D eigenvalue weighted by atomic mass is 32.2. The second-order valence-electron chi connectivity index (χ2n) is 7.13. The van der Waals surface area contributed by atoms with Crippen molar-refractivity contribution in [3.05, 3.63) is 23.8 Å². The van der Waals surface area contributed by atoms with Crippen LogP contribution in [0.4, 0.5) is 5.69 Å². The molecule has 1 aliphatic heterocycles. The highest BCUT2D eigenvalue weighted by Gasteiger charge is 2.29. The molecule has 1 aromatic rings. The van der Waals surface area contributed by atoms with E-state index in [1.54, 1.807) is 30.1 Å². The predicted molar refractivity (Wildman–Crippen MR) is 103 cm³/mol. The number of carbonyl (C=O) groups is 2. The number of likely N-dealkylation sites (N-methyl/N-ethyl adjacent to an activating group) is 2. The fraction of sp³-hybridized carbons (Fsp3) is 0.556. The van der Waals surface area contributed by atoms with Crippen LogP contribution in [0, 0.1) is 5.92 Å². The summed E-state index contributed by atoms with van der Waals surface area (Å²) in [6, 6.07) is 5.13. The van der Waals surface area contributed by atoms with Gasteiger partial charge in [0, 0.05) is 44.7 Å². The number of fused-ring (bicyclic) bond motifs is 1. The first-order valence-electron chi connectivity index (χ1n) is 8.70. The number of amides is 2. The van der Waals surface area contributed by atoms with E-state index in [2.05, 4.69) is 5.32 Å². The van der Waals surface area contributed by atoms with E-state index in [0.29, 0.717) is 23.5 Å². The maximum Gasteiger partial charge on any atom is 0.226 e. The molecule has 1 N–H and O–H groups in total. The van der Waals surface area contributed by atoms with E-state index < -0.39 is 16.1 Å². The summed E-state index contributed by atoms with van der Waals surface area (Å²) in [4.78, 5) is 25.5. The molecule has 0 unspecified atom stereocenters. The minimum Gasteiger partial charge on any atom is -0.488 e. The quantitative estimate of drug-likeness (QED) is 0.816. The molecular formula is C18H27N3O5S. The van der Waals surface area contributed by atoms with Gasteiger partial charge in [0.15, 0.2) is 0 Å². The number of rotatable bonds is 4. The fourth-order valence-electron chi connectivity index (χ4n) is 2.95. The summed E-state index contributed by atoms with van der Waals surface area (Å²) in [5.41, 5.74) is 1.23. The van der Waals surface area contributed by atoms with Gasteiger partial charge in [0.2, 0.25) is 21.8 Å². The smallest absolute Gasteiger partial charge is 0.226 e. The average Bonchev–Trinajstić information content (AvgIpc) is 2.57. The molecule has 0 bridgehead atoms. The van der Waals surface area contributed by atoms with Crippen LogP contribution in [0.2, 0.25) is 0 Å². The third kappa shape index (κ3) is 5.67. The number of anilines is 1. The van der Waals surface area contributed by atoms with E-state index in [1.165, 1.54) is 18.3 Å². The van der Waals surface area contributed by atoms with Gasteiger partial charge in [-0.25, -0.2) is 12.7 Å². The number of carbonyl (C=O) groups excluding carboxylic acids is 2. The molecule has 0 saturated heterocycles. The van der Waals surface area contributed by atoms with Crippen molar-refractivity contribution in [2.75, 3.05) is 38.8 Å². The molecule has 9 heteroatoms. The first kappa shape index (κ1) is 21.2. The number of ether oxygens (including phenoxy) is 1. The Morgan fingerprint density at radius 1 is 1.41 bits per heavy atom. The first-order chi connectivity index (χ1) is 12.5. The van der Waals surface area contributed by atoms with Gasteiger partial charge in [-0.3, -0.25) is 9.59 Å². The molecule has 2 atom stereocenters. The van der Waals surface area contributed by atoms with E-state index in [-0.39, 0.29) is 30.7 Å². The normalized spacial score (nSPS) is 21.0. The van der Waals surface area contributed by atoms with Crippen molar-refractivity contribution >= 4 is 27.5 Å². The van der Waals surface area contributed by atoms with Crippen LogP contribution in [0.5, 0.6) is 5.75 Å². The number of nitrogens with zero attached hydrogens (tertiary/aromatic N) is 2. The van der Waals surface area contributed by atoms with E-state index in [9.17, 15) is 18.0 Å². The summed E-state index contributed by atoms with van der Waals surface area (Å²) in [5.74, 6) is 0.170. The Hall–Kier alpha value is -2.13. The Morgan fingerprint density at radius 2 is 2.07 bits per heavy atom. The van der Waals surface area contributed by atoms with Crippen LogP contribution < -0.4 is 10.1 Å². The van der Waals surface area contributed by atoms with Crippen molar-refractivity contribution in [1.82, 2.24) is 9.21 Å². The van der Waals surface area contributed by atoms with Crippen molar-refractivity contribution in [3.63, 3.8) is 0 Å². The zero-order valence-electron chi connectivity index (χ0n) is 16.4. The molecule has 27 heavy (non-hydrogen) atoms. The highest BCUT2D eigenvalue weighted by Crippen LogP contribution is 2.28. The second kappa shape index (κ2) is 8.26. The van der Waals surface area contributed by atoms with Gasteiger partial charge >= 0.3 is 0 Å². The Morgan fingerprint density at radius 3 is 2.67 bits per heavy atom. The van der Waals surface area contributed by atoms with Crippen LogP contribution in [-0.4, -0.2) is 69.0 Å². The van der Waals surface area contributed by atoms with Crippen LogP contribution in [0.25, 0.3) is 0 Å². The lowest BCUT2D eigenvalue weighted by Crippen LogP contribution is -2.43. The molecule has 1 aromatic carbocycles. The summed E-state index contributed by atoms with van der Waals surface area (Å²) in [6.07, 6.45) is 0.861. The van der Waals surface area contributed by atoms with Gasteiger partial charge in [0.25, 0.3) is 0 Å². The van der Waals surface area contributed by atoms with Crippen molar-refractivity contribution in [1.29, 1.82) is 0 Å². The summed E-state index contributed by atoms with van der Waals surface area (Å²) in [7, 11) is -0.124. The standard InChI is InChI=1S/C18H27N3O5S/c1-12-10-20(3)18(23)9-14-8-15(19-13(2)22)6-7-16(14)26-17(12)11-21(4)27(5,24)25/h6-8,12,17H,9-11H2,1-5H3,(H,19,22)/t12-,17-/m1/s1. The minimum atomic E-state index is -3.35. The Labute approximate surface area is 160 Å². The van der Waals surface area contributed by atoms with Gasteiger partial charge in [-0.05, 0) is 18.2 Å². The number of nitrogens with one attached hydrogen (secondary N) is 1. The summed E-state index contributed by atoms with van der Waals surface area (Å²) in [6.45, 7) is 3.97. The molecule has 0 aromatic heterocycles. The number of hydrogen-bond acceptors (Lipinski definition) is 5. The zero-order valence-corrected chi connectivity index (χ0v) is 17.2. The zero-order chi connectivity index (χ0) is 20.4. The lowest BCUT2D eigenvalue weighted by molar-refractivity contribution is -0.129. The molecule has 0 spiro atoms. The van der Waals surface area contributed by atoms with Crippen LogP contribution >= 0.6 is 0 Å². The summed E-state index contributed by atoms with van der Waals surface area (Å²) >= 11 is 0. The van der Waals surface area contributed by atoms with Crippen molar-refractivity contribution in [2.45, 2.75) is 26.4 Å². The topological polar surface area (TPSA) is 96.0 Å². The fourth-order valence-corrected chi connectivity index (χ4v) is 3.37. The largest absolute Gasteiger partial charge is 0.488 e. The minimum absolute atomic E-state index is 0.0659. The highest BCUT2D eigenvalue weighted by molar-refractivity contribution is 7.88. The van der Waals surface area contributed by atoms with Gasteiger partial charge in [-0.15, -0.1) is 0 Å². The average molecular weight is 397 g/mol. The van der Waals surface area contributed by atoms with Gasteiger partial charge in [0.05, 0.1) is 19.2 Å². The molecule has 0 radical (unpaired) electrons. The molecule has 1 aliphatic rings. The Kier molecular flexibility index (Phi) is 6.48. The Balaban J connectivity index is 2.39. The molecule has 2 amide bonds. The van der Waals surface area contributed by atoms with Crippen LogP contribution in [-0.2, 0) is 26.0 Å². The second-order valence-corrected chi connectivity index (χ2v) is 9.22. The third-order valence-corrected chi connectivity index (χ3v) is 5.91. The maximum absolute atomic E-state index is 12.5. The number of hydrogen-bond donors (Lipinski definition) is 1. The molecule has 150 valence electrons. The van der Waals surface area contributed by atoms with Crippen LogP contribution in [0.1, 0.15) is 19.4 Å². The Bertz CT molecular complexity index is 824. The molecule has 8 nitrogen and oxygen atoms in total. The number of benzene rings is 1. The molecule has 2 rings (SSSR count). The van der Waals surface area contributed by atoms with E-state index in [0.717, 1.165) is 6.26 Å². The van der Waals surface area contributed by atoms with Gasteiger partial charge in [0.1, 0.15) is 11.9 Å². The number of sulfonamides is 1. The summed E-state index contributed by atoms with van der Waals surface area (Å²) in [5, 5.41) is 2.70. The predicted octanol–water partition coefficient (Wildman–Crippen LogP) is 0.934. The van der Waals surface area contributed by atoms with Crippen LogP contribution in [0.15, 0.2) is 18.2 Å².